The van der Waals surface area contributed by atoms with Crippen molar-refractivity contribution in [3.8, 4) is 0 Å². The molecule has 34 heavy (non-hydrogen) atoms. The van der Waals surface area contributed by atoms with Crippen molar-refractivity contribution < 1.29 is 42.9 Å². The highest BCUT2D eigenvalue weighted by Crippen LogP contribution is 2.28. The van der Waals surface area contributed by atoms with E-state index in [4.69, 9.17) is 35.9 Å². The van der Waals surface area contributed by atoms with Crippen LogP contribution in [0.5, 0.6) is 0 Å². The molecule has 5 atom stereocenters. The van der Waals surface area contributed by atoms with Crippen LogP contribution in [0, 0.1) is 6.92 Å². The fourth-order valence-electron chi connectivity index (χ4n) is 3.36. The molecule has 1 aliphatic rings. The van der Waals surface area contributed by atoms with Crippen molar-refractivity contribution in [3.63, 3.8) is 0 Å². The standard InChI is InChI=1S/C22H28N2O9S/c1-11-7-6-8-16(9-11)23-22(34)24-21-20(32-15(5)28)19(31-14(4)27)18(30-13(3)26)17(33-21)10-29-12(2)25/h6-9,17-21H,10H2,1-5H3,(H2,23,24,34)/t17-,18-,19-,20+,21-/m0/s1. The summed E-state index contributed by atoms with van der Waals surface area (Å²) in [5.41, 5.74) is 1.70. The molecule has 0 aromatic heterocycles. The van der Waals surface area contributed by atoms with Gasteiger partial charge >= 0.3 is 23.9 Å². The normalized spacial score (nSPS) is 23.7. The van der Waals surface area contributed by atoms with Crippen molar-refractivity contribution in [1.29, 1.82) is 0 Å². The molecule has 186 valence electrons. The zero-order chi connectivity index (χ0) is 25.4. The molecule has 1 aromatic rings. The van der Waals surface area contributed by atoms with Gasteiger partial charge in [-0.05, 0) is 36.8 Å². The monoisotopic (exact) mass is 496 g/mol. The Bertz CT molecular complexity index is 939. The molecule has 12 heteroatoms. The van der Waals surface area contributed by atoms with Gasteiger partial charge in [-0.15, -0.1) is 0 Å². The maximum Gasteiger partial charge on any atom is 0.303 e. The van der Waals surface area contributed by atoms with E-state index in [0.717, 1.165) is 26.3 Å². The second-order valence-corrected chi connectivity index (χ2v) is 8.00. The van der Waals surface area contributed by atoms with E-state index in [2.05, 4.69) is 10.6 Å². The van der Waals surface area contributed by atoms with E-state index in [1.165, 1.54) is 6.92 Å². The van der Waals surface area contributed by atoms with E-state index in [9.17, 15) is 19.2 Å². The summed E-state index contributed by atoms with van der Waals surface area (Å²) >= 11 is 5.38. The number of anilines is 1. The highest BCUT2D eigenvalue weighted by atomic mass is 32.1. The summed E-state index contributed by atoms with van der Waals surface area (Å²) in [6, 6.07) is 7.42. The van der Waals surface area contributed by atoms with Crippen molar-refractivity contribution in [2.75, 3.05) is 11.9 Å². The minimum absolute atomic E-state index is 0.117. The molecule has 0 bridgehead atoms. The summed E-state index contributed by atoms with van der Waals surface area (Å²) in [5, 5.41) is 5.99. The molecule has 0 radical (unpaired) electrons. The van der Waals surface area contributed by atoms with Crippen LogP contribution in [0.2, 0.25) is 0 Å². The van der Waals surface area contributed by atoms with E-state index in [-0.39, 0.29) is 11.7 Å². The van der Waals surface area contributed by atoms with Gasteiger partial charge < -0.3 is 34.3 Å². The highest BCUT2D eigenvalue weighted by molar-refractivity contribution is 7.80. The van der Waals surface area contributed by atoms with Crippen LogP contribution in [-0.4, -0.2) is 66.2 Å². The number of thiocarbonyl (C=S) groups is 1. The molecule has 2 N–H and O–H groups in total. The van der Waals surface area contributed by atoms with Gasteiger partial charge in [-0.2, -0.15) is 0 Å². The Morgan fingerprint density at radius 1 is 0.912 bits per heavy atom. The maximum atomic E-state index is 11.9. The van der Waals surface area contributed by atoms with Crippen molar-refractivity contribution in [3.05, 3.63) is 29.8 Å². The molecule has 1 aliphatic heterocycles. The Morgan fingerprint density at radius 2 is 1.50 bits per heavy atom. The van der Waals surface area contributed by atoms with Gasteiger partial charge in [-0.1, -0.05) is 12.1 Å². The lowest BCUT2D eigenvalue weighted by molar-refractivity contribution is -0.254. The number of hydrogen-bond acceptors (Lipinski definition) is 10. The smallest absolute Gasteiger partial charge is 0.303 e. The number of carbonyl (C=O) groups excluding carboxylic acids is 4. The number of carbonyl (C=O) groups is 4. The average molecular weight is 497 g/mol. The summed E-state index contributed by atoms with van der Waals surface area (Å²) in [6.45, 7) is 6.26. The van der Waals surface area contributed by atoms with Crippen LogP contribution in [0.25, 0.3) is 0 Å². The lowest BCUT2D eigenvalue weighted by atomic mass is 9.97. The fraction of sp³-hybridized carbons (Fsp3) is 0.500. The van der Waals surface area contributed by atoms with Crippen molar-refractivity contribution >= 4 is 46.9 Å². The molecular weight excluding hydrogens is 468 g/mol. The molecule has 0 saturated carbocycles. The molecule has 1 aromatic carbocycles. The zero-order valence-corrected chi connectivity index (χ0v) is 20.3. The van der Waals surface area contributed by atoms with Crippen LogP contribution in [0.15, 0.2) is 24.3 Å². The molecule has 1 saturated heterocycles. The Hall–Kier alpha value is -3.25. The van der Waals surface area contributed by atoms with Gasteiger partial charge in [0.25, 0.3) is 0 Å². The molecule has 0 spiro atoms. The van der Waals surface area contributed by atoms with Gasteiger partial charge in [-0.25, -0.2) is 0 Å². The van der Waals surface area contributed by atoms with Gasteiger partial charge in [0.05, 0.1) is 0 Å². The Morgan fingerprint density at radius 3 is 2.06 bits per heavy atom. The van der Waals surface area contributed by atoms with Gasteiger partial charge in [0.15, 0.2) is 29.7 Å². The summed E-state index contributed by atoms with van der Waals surface area (Å²) in [6.07, 6.45) is -5.98. The van der Waals surface area contributed by atoms with Crippen LogP contribution in [0.3, 0.4) is 0 Å². The van der Waals surface area contributed by atoms with Crippen molar-refractivity contribution in [2.45, 2.75) is 65.3 Å². The van der Waals surface area contributed by atoms with Crippen molar-refractivity contribution in [2.24, 2.45) is 0 Å². The maximum absolute atomic E-state index is 11.9. The molecule has 0 amide bonds. The molecule has 0 aliphatic carbocycles. The van der Waals surface area contributed by atoms with Gasteiger partial charge in [0, 0.05) is 33.4 Å². The summed E-state index contributed by atoms with van der Waals surface area (Å²) in [5.74, 6) is -2.72. The van der Waals surface area contributed by atoms with E-state index in [1.807, 2.05) is 25.1 Å². The first-order chi connectivity index (χ1) is 16.0. The zero-order valence-electron chi connectivity index (χ0n) is 19.5. The number of rotatable bonds is 7. The number of aryl methyl sites for hydroxylation is 1. The molecule has 2 rings (SSSR count). The molecule has 1 fully saturated rings. The van der Waals surface area contributed by atoms with Crippen LogP contribution < -0.4 is 10.6 Å². The molecule has 1 heterocycles. The number of esters is 4. The van der Waals surface area contributed by atoms with Crippen LogP contribution in [0.4, 0.5) is 5.69 Å². The fourth-order valence-corrected chi connectivity index (χ4v) is 3.60. The second kappa shape index (κ2) is 12.3. The predicted octanol–water partition coefficient (Wildman–Crippen LogP) is 1.36. The first-order valence-corrected chi connectivity index (χ1v) is 10.8. The summed E-state index contributed by atoms with van der Waals surface area (Å²) in [4.78, 5) is 46.9. The van der Waals surface area contributed by atoms with E-state index in [1.54, 1.807) is 6.07 Å². The van der Waals surface area contributed by atoms with Gasteiger partial charge in [0.2, 0.25) is 0 Å². The second-order valence-electron chi connectivity index (χ2n) is 7.59. The third kappa shape index (κ3) is 8.27. The minimum atomic E-state index is -1.28. The third-order valence-corrected chi connectivity index (χ3v) is 4.76. The van der Waals surface area contributed by atoms with E-state index < -0.39 is 54.5 Å². The number of nitrogens with one attached hydrogen (secondary N) is 2. The first kappa shape index (κ1) is 27.0. The van der Waals surface area contributed by atoms with Crippen LogP contribution >= 0.6 is 12.2 Å². The van der Waals surface area contributed by atoms with E-state index >= 15 is 0 Å². The van der Waals surface area contributed by atoms with Crippen LogP contribution in [-0.2, 0) is 42.9 Å². The average Bonchev–Trinajstić information content (AvgIpc) is 2.70. The Labute approximate surface area is 202 Å². The number of hydrogen-bond donors (Lipinski definition) is 2. The van der Waals surface area contributed by atoms with Gasteiger partial charge in [-0.3, -0.25) is 19.2 Å². The number of benzene rings is 1. The minimum Gasteiger partial charge on any atom is -0.463 e. The largest absolute Gasteiger partial charge is 0.463 e. The lowest BCUT2D eigenvalue weighted by Crippen LogP contribution is -2.66. The predicted molar refractivity (Wildman–Crippen MR) is 122 cm³/mol. The molecule has 0 unspecified atom stereocenters. The third-order valence-electron chi connectivity index (χ3n) is 4.54. The summed E-state index contributed by atoms with van der Waals surface area (Å²) < 4.78 is 27.1. The Balaban J connectivity index is 2.36. The van der Waals surface area contributed by atoms with Crippen LogP contribution in [0.1, 0.15) is 33.3 Å². The topological polar surface area (TPSA) is 138 Å². The number of ether oxygens (including phenoxy) is 5. The quantitative estimate of drug-likeness (QED) is 0.320. The summed E-state index contributed by atoms with van der Waals surface area (Å²) in [7, 11) is 0. The lowest BCUT2D eigenvalue weighted by Gasteiger charge is -2.44. The Kier molecular flexibility index (Phi) is 9.75. The SMILES string of the molecule is CC(=O)OC[C@@H]1O[C@H](NC(=S)Nc2cccc(C)c2)[C@H](OC(C)=O)[C@@H](OC(C)=O)[C@H]1OC(C)=O. The first-order valence-electron chi connectivity index (χ1n) is 10.4. The van der Waals surface area contributed by atoms with Crippen molar-refractivity contribution in [1.82, 2.24) is 5.32 Å². The highest BCUT2D eigenvalue weighted by Gasteiger charge is 2.52. The molecular formula is C22H28N2O9S. The van der Waals surface area contributed by atoms with E-state index in [0.29, 0.717) is 5.69 Å². The van der Waals surface area contributed by atoms with Gasteiger partial charge in [0.1, 0.15) is 12.7 Å². The molecule has 11 nitrogen and oxygen atoms in total.